The number of rotatable bonds is 4. The third-order valence-electron chi connectivity index (χ3n) is 1.95. The summed E-state index contributed by atoms with van der Waals surface area (Å²) in [6, 6.07) is 3.92. The van der Waals surface area contributed by atoms with Crippen LogP contribution < -0.4 is 0 Å². The zero-order chi connectivity index (χ0) is 13.1. The van der Waals surface area contributed by atoms with Gasteiger partial charge in [-0.05, 0) is 29.4 Å². The van der Waals surface area contributed by atoms with Crippen molar-refractivity contribution in [2.75, 3.05) is 0 Å². The van der Waals surface area contributed by atoms with Gasteiger partial charge in [-0.1, -0.05) is 6.07 Å². The average Bonchev–Trinajstić information content (AvgIpc) is 2.81. The predicted molar refractivity (Wildman–Crippen MR) is 64.1 cm³/mol. The number of benzene rings is 1. The number of aromatic carboxylic acids is 1. The zero-order valence-corrected chi connectivity index (χ0v) is 10.3. The number of hydrogen-bond donors (Lipinski definition) is 1. The highest BCUT2D eigenvalue weighted by Crippen LogP contribution is 2.37. The Balaban J connectivity index is 2.53. The molecule has 0 amide bonds. The van der Waals surface area contributed by atoms with Crippen LogP contribution in [0.3, 0.4) is 0 Å². The average molecular weight is 283 g/mol. The van der Waals surface area contributed by atoms with Crippen LogP contribution in [0.1, 0.15) is 10.4 Å². The lowest BCUT2D eigenvalue weighted by Crippen LogP contribution is -2.01. The van der Waals surface area contributed by atoms with E-state index in [4.69, 9.17) is 5.11 Å². The maximum absolute atomic E-state index is 11.1. The Kier molecular flexibility index (Phi) is 3.53. The van der Waals surface area contributed by atoms with Crippen molar-refractivity contribution < 1.29 is 14.8 Å². The summed E-state index contributed by atoms with van der Waals surface area (Å²) in [7, 11) is 0. The van der Waals surface area contributed by atoms with Gasteiger partial charge in [-0.2, -0.15) is 4.37 Å². The summed E-state index contributed by atoms with van der Waals surface area (Å²) >= 11 is 1.97. The molecule has 1 aromatic carbocycles. The highest BCUT2D eigenvalue weighted by molar-refractivity contribution is 8.01. The standard InChI is InChI=1S/C9H5N3O4S2/c13-8(14)5-2-1-3-6(12(15)16)7(5)17-9-10-4-11-18-9/h1-4H,(H,13,14). The first-order valence-corrected chi connectivity index (χ1v) is 6.14. The molecule has 0 spiro atoms. The van der Waals surface area contributed by atoms with Gasteiger partial charge < -0.3 is 5.11 Å². The zero-order valence-electron chi connectivity index (χ0n) is 8.64. The van der Waals surface area contributed by atoms with Crippen molar-refractivity contribution in [1.29, 1.82) is 0 Å². The molecule has 0 unspecified atom stereocenters. The van der Waals surface area contributed by atoms with Gasteiger partial charge in [0.15, 0.2) is 4.34 Å². The van der Waals surface area contributed by atoms with Crippen LogP contribution in [0, 0.1) is 10.1 Å². The monoisotopic (exact) mass is 283 g/mol. The molecule has 0 bridgehead atoms. The highest BCUT2D eigenvalue weighted by atomic mass is 32.2. The Morgan fingerprint density at radius 1 is 1.50 bits per heavy atom. The molecule has 92 valence electrons. The Morgan fingerprint density at radius 3 is 2.83 bits per heavy atom. The van der Waals surface area contributed by atoms with E-state index < -0.39 is 10.9 Å². The molecular formula is C9H5N3O4S2. The van der Waals surface area contributed by atoms with Crippen molar-refractivity contribution >= 4 is 35.0 Å². The molecule has 9 heteroatoms. The van der Waals surface area contributed by atoms with Crippen molar-refractivity contribution in [3.8, 4) is 0 Å². The minimum Gasteiger partial charge on any atom is -0.478 e. The Morgan fingerprint density at radius 2 is 2.28 bits per heavy atom. The fourth-order valence-electron chi connectivity index (χ4n) is 1.24. The lowest BCUT2D eigenvalue weighted by molar-refractivity contribution is -0.387. The lowest BCUT2D eigenvalue weighted by Gasteiger charge is -2.03. The summed E-state index contributed by atoms with van der Waals surface area (Å²) < 4.78 is 4.21. The molecule has 0 aliphatic rings. The van der Waals surface area contributed by atoms with Crippen molar-refractivity contribution in [1.82, 2.24) is 9.36 Å². The molecule has 2 aromatic rings. The minimum atomic E-state index is -1.22. The number of nitro groups is 1. The van der Waals surface area contributed by atoms with E-state index >= 15 is 0 Å². The second-order valence-electron chi connectivity index (χ2n) is 3.03. The topological polar surface area (TPSA) is 106 Å². The van der Waals surface area contributed by atoms with Gasteiger partial charge in [0.1, 0.15) is 11.2 Å². The summed E-state index contributed by atoms with van der Waals surface area (Å²) in [4.78, 5) is 25.3. The van der Waals surface area contributed by atoms with Crippen molar-refractivity contribution in [3.63, 3.8) is 0 Å². The number of carboxylic acids is 1. The van der Waals surface area contributed by atoms with Crippen molar-refractivity contribution in [2.45, 2.75) is 9.24 Å². The summed E-state index contributed by atoms with van der Waals surface area (Å²) in [5.74, 6) is -1.22. The van der Waals surface area contributed by atoms with Crippen LogP contribution in [-0.2, 0) is 0 Å². The number of aromatic nitrogens is 2. The maximum atomic E-state index is 11.1. The first-order valence-electron chi connectivity index (χ1n) is 4.55. The van der Waals surface area contributed by atoms with Crippen LogP contribution in [0.25, 0.3) is 0 Å². The Labute approximate surface area is 109 Å². The summed E-state index contributed by atoms with van der Waals surface area (Å²) in [6.45, 7) is 0. The third-order valence-corrected chi connectivity index (χ3v) is 3.80. The second-order valence-corrected chi connectivity index (χ2v) is 5.06. The molecule has 0 saturated heterocycles. The van der Waals surface area contributed by atoms with E-state index in [0.717, 1.165) is 23.3 Å². The largest absolute Gasteiger partial charge is 0.478 e. The quantitative estimate of drug-likeness (QED) is 0.677. The first kappa shape index (κ1) is 12.5. The maximum Gasteiger partial charge on any atom is 0.337 e. The summed E-state index contributed by atoms with van der Waals surface area (Å²) in [5.41, 5.74) is -0.375. The molecule has 1 aromatic heterocycles. The SMILES string of the molecule is O=C(O)c1cccc([N+](=O)[O-])c1Sc1ncns1. The van der Waals surface area contributed by atoms with Gasteiger partial charge in [-0.3, -0.25) is 10.1 Å². The number of hydrogen-bond acceptors (Lipinski definition) is 7. The smallest absolute Gasteiger partial charge is 0.337 e. The van der Waals surface area contributed by atoms with Gasteiger partial charge in [0.05, 0.1) is 10.5 Å². The molecule has 1 heterocycles. The van der Waals surface area contributed by atoms with Gasteiger partial charge in [-0.25, -0.2) is 9.78 Å². The summed E-state index contributed by atoms with van der Waals surface area (Å²) in [5, 5.41) is 19.9. The molecule has 2 rings (SSSR count). The van der Waals surface area contributed by atoms with Gasteiger partial charge in [-0.15, -0.1) is 0 Å². The van der Waals surface area contributed by atoms with Crippen LogP contribution in [0.15, 0.2) is 33.8 Å². The van der Waals surface area contributed by atoms with Crippen molar-refractivity contribution in [2.24, 2.45) is 0 Å². The second kappa shape index (κ2) is 5.10. The molecule has 7 nitrogen and oxygen atoms in total. The predicted octanol–water partition coefficient (Wildman–Crippen LogP) is 2.30. The fourth-order valence-corrected chi connectivity index (χ4v) is 2.83. The van der Waals surface area contributed by atoms with Gasteiger partial charge >= 0.3 is 5.97 Å². The number of carbonyl (C=O) groups is 1. The number of nitro benzene ring substituents is 1. The van der Waals surface area contributed by atoms with Crippen LogP contribution in [0.5, 0.6) is 0 Å². The first-order chi connectivity index (χ1) is 8.59. The van der Waals surface area contributed by atoms with E-state index in [0.29, 0.717) is 4.34 Å². The van der Waals surface area contributed by atoms with Crippen LogP contribution in [-0.4, -0.2) is 25.4 Å². The molecule has 0 aliphatic heterocycles. The van der Waals surface area contributed by atoms with Gasteiger partial charge in [0.2, 0.25) is 0 Å². The third kappa shape index (κ3) is 2.46. The van der Waals surface area contributed by atoms with E-state index in [1.54, 1.807) is 0 Å². The Bertz CT molecular complexity index is 568. The fraction of sp³-hybridized carbons (Fsp3) is 0. The molecule has 0 radical (unpaired) electrons. The Hall–Kier alpha value is -2.00. The molecule has 0 atom stereocenters. The highest BCUT2D eigenvalue weighted by Gasteiger charge is 2.23. The summed E-state index contributed by atoms with van der Waals surface area (Å²) in [6.07, 6.45) is 1.31. The molecule has 1 N–H and O–H groups in total. The van der Waals surface area contributed by atoms with E-state index in [2.05, 4.69) is 9.36 Å². The molecule has 0 aliphatic carbocycles. The van der Waals surface area contributed by atoms with Crippen LogP contribution in [0.2, 0.25) is 0 Å². The van der Waals surface area contributed by atoms with Gasteiger partial charge in [0.25, 0.3) is 5.69 Å². The van der Waals surface area contributed by atoms with E-state index in [1.165, 1.54) is 24.5 Å². The molecule has 0 fully saturated rings. The van der Waals surface area contributed by atoms with E-state index in [1.807, 2.05) is 0 Å². The van der Waals surface area contributed by atoms with E-state index in [-0.39, 0.29) is 16.1 Å². The normalized spacial score (nSPS) is 10.2. The van der Waals surface area contributed by atoms with Crippen LogP contribution >= 0.6 is 23.3 Å². The van der Waals surface area contributed by atoms with Gasteiger partial charge in [0, 0.05) is 6.07 Å². The number of nitrogens with zero attached hydrogens (tertiary/aromatic N) is 3. The molecular weight excluding hydrogens is 278 g/mol. The van der Waals surface area contributed by atoms with Crippen molar-refractivity contribution in [3.05, 3.63) is 40.2 Å². The molecule has 18 heavy (non-hydrogen) atoms. The number of carboxylic acid groups (broad SMARTS) is 1. The molecule has 0 saturated carbocycles. The minimum absolute atomic E-state index is 0.0618. The van der Waals surface area contributed by atoms with E-state index in [9.17, 15) is 14.9 Å². The lowest BCUT2D eigenvalue weighted by atomic mass is 10.2. The van der Waals surface area contributed by atoms with Crippen LogP contribution in [0.4, 0.5) is 5.69 Å².